The third-order valence-corrected chi connectivity index (χ3v) is 19.9. The third kappa shape index (κ3) is 8.05. The lowest BCUT2D eigenvalue weighted by atomic mass is 10.1. The second-order valence-corrected chi connectivity index (χ2v) is 25.0. The minimum atomic E-state index is 0.786. The summed E-state index contributed by atoms with van der Waals surface area (Å²) in [5.41, 5.74) is 20.2. The van der Waals surface area contributed by atoms with Crippen LogP contribution in [-0.4, -0.2) is 19.1 Å². The molecule has 0 N–H and O–H groups in total. The summed E-state index contributed by atoms with van der Waals surface area (Å²) < 4.78 is 20.9. The summed E-state index contributed by atoms with van der Waals surface area (Å²) in [7, 11) is 0. The maximum absolute atomic E-state index is 6.92. The van der Waals surface area contributed by atoms with E-state index in [-0.39, 0.29) is 0 Å². The van der Waals surface area contributed by atoms with Crippen LogP contribution >= 0.6 is 22.7 Å². The molecule has 0 atom stereocenters. The SMILES string of the molecule is c1ccc2sc(-c3ccc(N(c4ccc(-n5c6ccccc6c6ccccc65)cc4)c4ccc5c(c4)oc4cc6c(cc45)oc4cc(N(c5ccc(-c7nc8ccccc8s7)cc5)c5ccc(-n7c8ccccc8c8ccccc87)cc5)ccc46)cc3)nc2c1. The van der Waals surface area contributed by atoms with Crippen LogP contribution in [0.25, 0.3) is 140 Å². The molecule has 0 aliphatic carbocycles. The molecule has 0 bridgehead atoms. The first kappa shape index (κ1) is 50.6. The Morgan fingerprint density at radius 3 is 0.944 bits per heavy atom. The third-order valence-electron chi connectivity index (χ3n) is 17.8. The van der Waals surface area contributed by atoms with Gasteiger partial charge < -0.3 is 27.8 Å². The molecule has 0 saturated carbocycles. The van der Waals surface area contributed by atoms with E-state index in [1.54, 1.807) is 22.7 Å². The van der Waals surface area contributed by atoms with Gasteiger partial charge in [-0.15, -0.1) is 22.7 Å². The smallest absolute Gasteiger partial charge is 0.137 e. The van der Waals surface area contributed by atoms with Crippen molar-refractivity contribution < 1.29 is 8.83 Å². The molecule has 0 aliphatic heterocycles. The van der Waals surface area contributed by atoms with Crippen LogP contribution in [0.3, 0.4) is 0 Å². The van der Waals surface area contributed by atoms with Crippen LogP contribution in [0.15, 0.2) is 300 Å². The Bertz CT molecular complexity index is 5500. The van der Waals surface area contributed by atoms with Crippen molar-refractivity contribution in [3.63, 3.8) is 0 Å². The molecule has 0 unspecified atom stereocenters. The van der Waals surface area contributed by atoms with E-state index >= 15 is 0 Å². The normalized spacial score (nSPS) is 12.0. The van der Waals surface area contributed by atoms with Crippen LogP contribution in [-0.2, 0) is 0 Å². The van der Waals surface area contributed by atoms with Gasteiger partial charge >= 0.3 is 0 Å². The highest BCUT2D eigenvalue weighted by molar-refractivity contribution is 7.22. The van der Waals surface area contributed by atoms with Crippen LogP contribution < -0.4 is 9.80 Å². The van der Waals surface area contributed by atoms with Crippen LogP contribution in [0.2, 0.25) is 0 Å². The molecule has 0 radical (unpaired) electrons. The van der Waals surface area contributed by atoms with Crippen molar-refractivity contribution in [2.45, 2.75) is 0 Å². The number of aromatic nitrogens is 4. The van der Waals surface area contributed by atoms with E-state index < -0.39 is 0 Å². The zero-order valence-electron chi connectivity index (χ0n) is 48.0. The molecule has 422 valence electrons. The largest absolute Gasteiger partial charge is 0.456 e. The van der Waals surface area contributed by atoms with Gasteiger partial charge in [0.2, 0.25) is 0 Å². The molecule has 0 aliphatic rings. The van der Waals surface area contributed by atoms with E-state index in [1.807, 2.05) is 12.1 Å². The van der Waals surface area contributed by atoms with E-state index in [4.69, 9.17) is 18.8 Å². The number of rotatable bonds is 10. The second-order valence-electron chi connectivity index (χ2n) is 22.9. The molecule has 10 heteroatoms. The lowest BCUT2D eigenvalue weighted by Gasteiger charge is -2.26. The van der Waals surface area contributed by atoms with Crippen molar-refractivity contribution >= 4 is 165 Å². The standard InChI is InChI=1S/C80H48N6O2S2/c1-7-19-69-59(13-1)60-14-2-8-20-70(60)85(69)55-37-33-53(34-38-55)83(51-29-25-49(26-30-51)79-81-67-17-5-11-23-77(67)89-79)57-41-43-63-65-47-76-66(48-75(65)87-73(63)45-57)64-44-42-58(46-74(64)88-76)84(52-31-27-50(28-32-52)80-82-68-18-6-12-24-78(68)90-80)54-35-39-56(40-36-54)86-71-21-9-3-15-61(71)62-16-4-10-22-72(62)86/h1-48H. The number of para-hydroxylation sites is 6. The first-order valence-electron chi connectivity index (χ1n) is 30.1. The van der Waals surface area contributed by atoms with Gasteiger partial charge in [0.25, 0.3) is 0 Å². The molecular formula is C80H48N6O2S2. The zero-order chi connectivity index (χ0) is 59.0. The lowest BCUT2D eigenvalue weighted by molar-refractivity contribution is 0.664. The fourth-order valence-electron chi connectivity index (χ4n) is 13.6. The molecule has 0 amide bonds. The Morgan fingerprint density at radius 2 is 0.578 bits per heavy atom. The van der Waals surface area contributed by atoms with Crippen LogP contribution in [0.4, 0.5) is 34.1 Å². The second kappa shape index (κ2) is 20.0. The highest BCUT2D eigenvalue weighted by atomic mass is 32.1. The summed E-state index contributed by atoms with van der Waals surface area (Å²) in [6, 6.07) is 104. The Kier molecular flexibility index (Phi) is 11.2. The monoisotopic (exact) mass is 1190 g/mol. The molecule has 0 saturated heterocycles. The molecule has 0 spiro atoms. The van der Waals surface area contributed by atoms with Gasteiger partial charge in [-0.25, -0.2) is 9.97 Å². The van der Waals surface area contributed by atoms with Crippen molar-refractivity contribution in [1.29, 1.82) is 0 Å². The van der Waals surface area contributed by atoms with Gasteiger partial charge in [0.15, 0.2) is 0 Å². The summed E-state index contributed by atoms with van der Waals surface area (Å²) in [5, 5.41) is 10.9. The fourth-order valence-corrected chi connectivity index (χ4v) is 15.5. The number of nitrogens with zero attached hydrogens (tertiary/aromatic N) is 6. The number of hydrogen-bond donors (Lipinski definition) is 0. The topological polar surface area (TPSA) is 68.4 Å². The van der Waals surface area contributed by atoms with Crippen molar-refractivity contribution in [2.75, 3.05) is 9.80 Å². The number of hydrogen-bond acceptors (Lipinski definition) is 8. The quantitative estimate of drug-likeness (QED) is 0.136. The summed E-state index contributed by atoms with van der Waals surface area (Å²) >= 11 is 3.43. The first-order chi connectivity index (χ1) is 44.6. The molecule has 8 nitrogen and oxygen atoms in total. The number of benzene rings is 13. The summed E-state index contributed by atoms with van der Waals surface area (Å²) in [6.07, 6.45) is 0. The van der Waals surface area contributed by atoms with Gasteiger partial charge in [0.1, 0.15) is 32.3 Å². The van der Waals surface area contributed by atoms with E-state index in [9.17, 15) is 0 Å². The molecule has 13 aromatic carbocycles. The van der Waals surface area contributed by atoms with Gasteiger partial charge in [0, 0.05) is 112 Å². The van der Waals surface area contributed by atoms with Gasteiger partial charge in [-0.1, -0.05) is 97.1 Å². The molecule has 19 aromatic rings. The zero-order valence-corrected chi connectivity index (χ0v) is 49.7. The number of furan rings is 2. The molecule has 6 aromatic heterocycles. The lowest BCUT2D eigenvalue weighted by Crippen LogP contribution is -2.10. The Morgan fingerprint density at radius 1 is 0.267 bits per heavy atom. The predicted octanol–water partition coefficient (Wildman–Crippen LogP) is 23.2. The Balaban J connectivity index is 0.695. The number of anilines is 6. The average Bonchev–Trinajstić information content (AvgIpc) is 2.63. The summed E-state index contributed by atoms with van der Waals surface area (Å²) in [4.78, 5) is 14.6. The Labute approximate surface area is 522 Å². The van der Waals surface area contributed by atoms with Gasteiger partial charge in [-0.3, -0.25) is 0 Å². The van der Waals surface area contributed by atoms with Gasteiger partial charge in [-0.05, 0) is 182 Å². The van der Waals surface area contributed by atoms with Gasteiger partial charge in [0.05, 0.1) is 42.5 Å². The maximum atomic E-state index is 6.92. The molecule has 19 rings (SSSR count). The summed E-state index contributed by atoms with van der Waals surface area (Å²) in [6.45, 7) is 0. The number of fused-ring (bicyclic) bond motifs is 14. The molecule has 0 fully saturated rings. The van der Waals surface area contributed by atoms with Crippen molar-refractivity contribution in [2.24, 2.45) is 0 Å². The Hall–Kier alpha value is -11.6. The molecule has 90 heavy (non-hydrogen) atoms. The molecule has 6 heterocycles. The first-order valence-corrected chi connectivity index (χ1v) is 31.7. The highest BCUT2D eigenvalue weighted by Crippen LogP contribution is 2.45. The van der Waals surface area contributed by atoms with Crippen molar-refractivity contribution in [3.05, 3.63) is 291 Å². The predicted molar refractivity (Wildman–Crippen MR) is 376 cm³/mol. The van der Waals surface area contributed by atoms with E-state index in [0.717, 1.165) is 122 Å². The van der Waals surface area contributed by atoms with Crippen molar-refractivity contribution in [1.82, 2.24) is 19.1 Å². The van der Waals surface area contributed by atoms with Gasteiger partial charge in [-0.2, -0.15) is 0 Å². The average molecular weight is 1190 g/mol. The highest BCUT2D eigenvalue weighted by Gasteiger charge is 2.22. The fraction of sp³-hybridized carbons (Fsp3) is 0. The maximum Gasteiger partial charge on any atom is 0.137 e. The minimum Gasteiger partial charge on any atom is -0.456 e. The number of thiazole rings is 2. The van der Waals surface area contributed by atoms with E-state index in [1.165, 1.54) is 53.0 Å². The van der Waals surface area contributed by atoms with Crippen LogP contribution in [0, 0.1) is 0 Å². The van der Waals surface area contributed by atoms with Crippen molar-refractivity contribution in [3.8, 4) is 32.5 Å². The van der Waals surface area contributed by atoms with E-state index in [2.05, 4.69) is 298 Å². The minimum absolute atomic E-state index is 0.786. The summed E-state index contributed by atoms with van der Waals surface area (Å²) in [5.74, 6) is 0. The van der Waals surface area contributed by atoms with E-state index in [0.29, 0.717) is 0 Å². The van der Waals surface area contributed by atoms with Crippen LogP contribution in [0.1, 0.15) is 0 Å². The molecular weight excluding hydrogens is 1140 g/mol. The van der Waals surface area contributed by atoms with Crippen LogP contribution in [0.5, 0.6) is 0 Å².